The van der Waals surface area contributed by atoms with Crippen LogP contribution < -0.4 is 14.3 Å². The number of rotatable bonds is 11. The number of hydrogen-bond donors (Lipinski definition) is 2. The molecule has 11 nitrogen and oxygen atoms in total. The number of hydrogen-bond acceptors (Lipinski definition) is 9. The maximum atomic E-state index is 12.9. The molecule has 1 saturated heterocycles. The highest BCUT2D eigenvalue weighted by molar-refractivity contribution is 7.99. The first kappa shape index (κ1) is 31.5. The summed E-state index contributed by atoms with van der Waals surface area (Å²) in [7, 11) is -8.88. The number of nitrogens with one attached hydrogen (secondary N) is 2. The van der Waals surface area contributed by atoms with Crippen LogP contribution in [-0.4, -0.2) is 53.1 Å². The van der Waals surface area contributed by atoms with Gasteiger partial charge in [-0.05, 0) is 66.8 Å². The Bertz CT molecular complexity index is 1650. The molecule has 0 radical (unpaired) electrons. The Labute approximate surface area is 250 Å². The number of benzene rings is 3. The van der Waals surface area contributed by atoms with Gasteiger partial charge in [0.15, 0.2) is 4.90 Å². The van der Waals surface area contributed by atoms with Gasteiger partial charge in [0, 0.05) is 47.6 Å². The highest BCUT2D eigenvalue weighted by atomic mass is 32.2. The molecule has 4 rings (SSSR count). The summed E-state index contributed by atoms with van der Waals surface area (Å²) in [5.74, 6) is -0.550. The van der Waals surface area contributed by atoms with E-state index in [0.717, 1.165) is 48.6 Å². The number of nitro groups is 1. The van der Waals surface area contributed by atoms with Crippen molar-refractivity contribution in [3.05, 3.63) is 88.5 Å². The third-order valence-corrected chi connectivity index (χ3v) is 10.8. The smallest absolute Gasteiger partial charge is 0.290 e. The van der Waals surface area contributed by atoms with Gasteiger partial charge >= 0.3 is 0 Å². The maximum Gasteiger partial charge on any atom is 0.290 e. The highest BCUT2D eigenvalue weighted by Gasteiger charge is 2.30. The first-order chi connectivity index (χ1) is 19.8. The predicted octanol–water partition coefficient (Wildman–Crippen LogP) is 4.41. The van der Waals surface area contributed by atoms with Gasteiger partial charge in [-0.2, -0.15) is 0 Å². The topological polar surface area (TPSA) is 156 Å². The van der Waals surface area contributed by atoms with E-state index in [1.807, 2.05) is 35.1 Å². The van der Waals surface area contributed by atoms with Crippen LogP contribution in [0, 0.1) is 15.5 Å². The van der Waals surface area contributed by atoms with Crippen LogP contribution >= 0.6 is 11.8 Å². The molecule has 1 heterocycles. The fourth-order valence-electron chi connectivity index (χ4n) is 4.41. The molecule has 1 fully saturated rings. The maximum absolute atomic E-state index is 12.9. The van der Waals surface area contributed by atoms with Crippen molar-refractivity contribution in [2.75, 3.05) is 30.3 Å². The normalized spacial score (nSPS) is 15.2. The average Bonchev–Trinajstić information content (AvgIpc) is 2.95. The van der Waals surface area contributed by atoms with Crippen molar-refractivity contribution in [2.24, 2.45) is 5.41 Å². The Kier molecular flexibility index (Phi) is 9.60. The Hall–Kier alpha value is -3.46. The third kappa shape index (κ3) is 7.88. The summed E-state index contributed by atoms with van der Waals surface area (Å²) in [6.07, 6.45) is 2.06. The summed E-state index contributed by atoms with van der Waals surface area (Å²) in [6, 6.07) is 18.2. The lowest BCUT2D eigenvalue weighted by Gasteiger charge is -2.38. The highest BCUT2D eigenvalue weighted by Crippen LogP contribution is 2.32. The van der Waals surface area contributed by atoms with E-state index in [-0.39, 0.29) is 17.5 Å². The molecule has 1 amide bonds. The lowest BCUT2D eigenvalue weighted by atomic mass is 9.82. The van der Waals surface area contributed by atoms with Gasteiger partial charge in [-0.3, -0.25) is 14.9 Å². The molecule has 0 unspecified atom stereocenters. The lowest BCUT2D eigenvalue weighted by Crippen LogP contribution is -2.37. The lowest BCUT2D eigenvalue weighted by molar-refractivity contribution is -0.388. The molecule has 0 bridgehead atoms. The van der Waals surface area contributed by atoms with Crippen molar-refractivity contribution >= 4 is 49.1 Å². The first-order valence-corrected chi connectivity index (χ1v) is 17.1. The zero-order chi connectivity index (χ0) is 30.5. The Balaban J connectivity index is 1.43. The number of anilines is 1. The van der Waals surface area contributed by atoms with E-state index in [2.05, 4.69) is 23.5 Å². The molecule has 224 valence electrons. The molecule has 0 aliphatic carbocycles. The quantitative estimate of drug-likeness (QED) is 0.135. The second-order valence-corrected chi connectivity index (χ2v) is 15.2. The zero-order valence-corrected chi connectivity index (χ0v) is 25.6. The molecule has 0 aromatic heterocycles. The Morgan fingerprint density at radius 1 is 0.952 bits per heavy atom. The fourth-order valence-corrected chi connectivity index (χ4v) is 7.50. The summed E-state index contributed by atoms with van der Waals surface area (Å²) in [5, 5.41) is 11.7. The third-order valence-electron chi connectivity index (χ3n) is 6.97. The van der Waals surface area contributed by atoms with Gasteiger partial charge in [0.25, 0.3) is 21.6 Å². The molecule has 3 aromatic carbocycles. The van der Waals surface area contributed by atoms with Crippen LogP contribution in [0.5, 0.6) is 0 Å². The fraction of sp³-hybridized carbons (Fsp3) is 0.321. The van der Waals surface area contributed by atoms with Gasteiger partial charge in [-0.25, -0.2) is 26.3 Å². The second kappa shape index (κ2) is 12.8. The number of nitro benzene ring substituents is 1. The van der Waals surface area contributed by atoms with Crippen LogP contribution in [0.15, 0.2) is 87.5 Å². The van der Waals surface area contributed by atoms with E-state index in [1.165, 1.54) is 23.9 Å². The molecule has 3 aromatic rings. The van der Waals surface area contributed by atoms with E-state index < -0.39 is 46.4 Å². The Morgan fingerprint density at radius 2 is 1.60 bits per heavy atom. The van der Waals surface area contributed by atoms with Crippen LogP contribution in [0.25, 0.3) is 0 Å². The molecule has 1 aliphatic heterocycles. The minimum Gasteiger partial charge on any atom is -0.371 e. The molecule has 14 heteroatoms. The molecule has 0 spiro atoms. The zero-order valence-electron chi connectivity index (χ0n) is 23.1. The Morgan fingerprint density at radius 3 is 2.21 bits per heavy atom. The van der Waals surface area contributed by atoms with Gasteiger partial charge in [-0.1, -0.05) is 32.0 Å². The van der Waals surface area contributed by atoms with E-state index >= 15 is 0 Å². The number of carbonyl (C=O) groups is 1. The standard InChI is InChI=1S/C28H32N4O7S3/c1-28(2)14-17-31(18-15-28)22-10-8-21(9-11-22)27(33)30-41(36,37)24-12-13-26(25(20-24)32(34)35)42(38,39)29-16-19-40-23-6-4-3-5-7-23/h3-13,20,29H,14-19H2,1-2H3,(H,30,33). The molecular weight excluding hydrogens is 601 g/mol. The van der Waals surface area contributed by atoms with E-state index in [0.29, 0.717) is 11.8 Å². The second-order valence-electron chi connectivity index (χ2n) is 10.6. The number of amides is 1. The van der Waals surface area contributed by atoms with Crippen LogP contribution in [0.2, 0.25) is 0 Å². The van der Waals surface area contributed by atoms with Gasteiger partial charge < -0.3 is 4.90 Å². The molecule has 0 saturated carbocycles. The van der Waals surface area contributed by atoms with Crippen molar-refractivity contribution in [2.45, 2.75) is 41.4 Å². The van der Waals surface area contributed by atoms with E-state index in [4.69, 9.17) is 0 Å². The predicted molar refractivity (Wildman–Crippen MR) is 162 cm³/mol. The molecule has 2 N–H and O–H groups in total. The van der Waals surface area contributed by atoms with Gasteiger partial charge in [0.1, 0.15) is 0 Å². The molecular formula is C28H32N4O7S3. The first-order valence-electron chi connectivity index (χ1n) is 13.2. The number of carbonyl (C=O) groups excluding carboxylic acids is 1. The van der Waals surface area contributed by atoms with Gasteiger partial charge in [0.2, 0.25) is 10.0 Å². The van der Waals surface area contributed by atoms with E-state index in [9.17, 15) is 31.7 Å². The van der Waals surface area contributed by atoms with Crippen LogP contribution in [0.3, 0.4) is 0 Å². The summed E-state index contributed by atoms with van der Waals surface area (Å²) in [6.45, 7) is 6.19. The van der Waals surface area contributed by atoms with Crippen molar-refractivity contribution in [1.82, 2.24) is 9.44 Å². The minimum absolute atomic E-state index is 0.0102. The van der Waals surface area contributed by atoms with Crippen molar-refractivity contribution in [3.8, 4) is 0 Å². The van der Waals surface area contributed by atoms with Gasteiger partial charge in [0.05, 0.1) is 9.82 Å². The molecule has 42 heavy (non-hydrogen) atoms. The van der Waals surface area contributed by atoms with Crippen molar-refractivity contribution < 1.29 is 26.6 Å². The molecule has 0 atom stereocenters. The summed E-state index contributed by atoms with van der Waals surface area (Å²) < 4.78 is 55.7. The SMILES string of the molecule is CC1(C)CCN(c2ccc(C(=O)NS(=O)(=O)c3ccc(S(=O)(=O)NCCSc4ccccc4)c([N+](=O)[O-])c3)cc2)CC1. The van der Waals surface area contributed by atoms with Crippen molar-refractivity contribution in [1.29, 1.82) is 0 Å². The summed E-state index contributed by atoms with van der Waals surface area (Å²) in [4.78, 5) is 25.3. The number of piperidine rings is 1. The van der Waals surface area contributed by atoms with Crippen molar-refractivity contribution in [3.63, 3.8) is 0 Å². The number of thioether (sulfide) groups is 1. The van der Waals surface area contributed by atoms with Gasteiger partial charge in [-0.15, -0.1) is 11.8 Å². The van der Waals surface area contributed by atoms with Crippen LogP contribution in [0.4, 0.5) is 11.4 Å². The number of nitrogens with zero attached hydrogens (tertiary/aromatic N) is 2. The largest absolute Gasteiger partial charge is 0.371 e. The minimum atomic E-state index is -4.55. The summed E-state index contributed by atoms with van der Waals surface area (Å²) >= 11 is 1.40. The summed E-state index contributed by atoms with van der Waals surface area (Å²) in [5.41, 5.74) is 0.360. The molecule has 1 aliphatic rings. The average molecular weight is 633 g/mol. The van der Waals surface area contributed by atoms with E-state index in [1.54, 1.807) is 12.1 Å². The monoisotopic (exact) mass is 632 g/mol. The van der Waals surface area contributed by atoms with Crippen LogP contribution in [0.1, 0.15) is 37.0 Å². The van der Waals surface area contributed by atoms with Crippen LogP contribution in [-0.2, 0) is 20.0 Å². The number of sulfonamides is 2.